The smallest absolute Gasteiger partial charge is 0.0705 e. The SMILES string of the molecule is COCC1CCCCC1c1ccc2cc(CO)ccc2n1.COC[C@@H]1CCCC[C@H]1c1ccc2cc(CO)ccc2n1. The Balaban J connectivity index is 0.000000168. The van der Waals surface area contributed by atoms with Crippen LogP contribution < -0.4 is 0 Å². The van der Waals surface area contributed by atoms with Crippen LogP contribution in [-0.4, -0.2) is 47.6 Å². The van der Waals surface area contributed by atoms with Crippen molar-refractivity contribution in [1.29, 1.82) is 0 Å². The van der Waals surface area contributed by atoms with Crippen LogP contribution in [0.25, 0.3) is 21.8 Å². The fraction of sp³-hybridized carbons (Fsp3) is 0.500. The molecule has 2 fully saturated rings. The molecule has 6 rings (SSSR count). The molecule has 2 N–H and O–H groups in total. The summed E-state index contributed by atoms with van der Waals surface area (Å²) >= 11 is 0. The van der Waals surface area contributed by atoms with Crippen molar-refractivity contribution in [2.75, 3.05) is 27.4 Å². The average molecular weight is 571 g/mol. The molecule has 42 heavy (non-hydrogen) atoms. The van der Waals surface area contributed by atoms with Crippen LogP contribution in [0.15, 0.2) is 60.7 Å². The second-order valence-electron chi connectivity index (χ2n) is 12.1. The van der Waals surface area contributed by atoms with Gasteiger partial charge in [0.2, 0.25) is 0 Å². The third-order valence-electron chi connectivity index (χ3n) is 9.25. The quantitative estimate of drug-likeness (QED) is 0.231. The molecule has 4 aromatic rings. The van der Waals surface area contributed by atoms with Crippen molar-refractivity contribution < 1.29 is 19.7 Å². The van der Waals surface area contributed by atoms with Gasteiger partial charge in [0, 0.05) is 61.4 Å². The molecule has 0 bridgehead atoms. The molecule has 0 saturated heterocycles. The van der Waals surface area contributed by atoms with Gasteiger partial charge in [-0.25, -0.2) is 0 Å². The van der Waals surface area contributed by atoms with E-state index in [1.54, 1.807) is 14.2 Å². The van der Waals surface area contributed by atoms with Gasteiger partial charge in [0.1, 0.15) is 0 Å². The zero-order valence-electron chi connectivity index (χ0n) is 25.2. The van der Waals surface area contributed by atoms with Crippen LogP contribution in [0.5, 0.6) is 0 Å². The minimum atomic E-state index is 0.0796. The molecule has 0 amide bonds. The Morgan fingerprint density at radius 3 is 1.43 bits per heavy atom. The Bertz CT molecular complexity index is 1330. The highest BCUT2D eigenvalue weighted by atomic mass is 16.5. The maximum absolute atomic E-state index is 9.21. The van der Waals surface area contributed by atoms with Crippen LogP contribution in [0.2, 0.25) is 0 Å². The van der Waals surface area contributed by atoms with E-state index in [0.717, 1.165) is 46.1 Å². The van der Waals surface area contributed by atoms with E-state index >= 15 is 0 Å². The van der Waals surface area contributed by atoms with E-state index in [9.17, 15) is 10.2 Å². The van der Waals surface area contributed by atoms with Crippen molar-refractivity contribution in [2.24, 2.45) is 11.8 Å². The molecule has 2 aliphatic carbocycles. The summed E-state index contributed by atoms with van der Waals surface area (Å²) in [5, 5.41) is 20.6. The van der Waals surface area contributed by atoms with E-state index < -0.39 is 0 Å². The Hall–Kier alpha value is -2.90. The number of benzene rings is 2. The standard InChI is InChI=1S/2C18H23NO2/c2*1-21-12-15-4-2-3-5-16(15)18-9-7-14-10-13(11-20)6-8-17(14)19-18/h2*6-10,15-16,20H,2-5,11-12H2,1H3/t15-,16+;/m0./s1. The van der Waals surface area contributed by atoms with E-state index in [-0.39, 0.29) is 13.2 Å². The minimum Gasteiger partial charge on any atom is -0.392 e. The number of aromatic nitrogens is 2. The Kier molecular flexibility index (Phi) is 10.9. The van der Waals surface area contributed by atoms with Crippen molar-refractivity contribution in [1.82, 2.24) is 9.97 Å². The summed E-state index contributed by atoms with van der Waals surface area (Å²) in [5.74, 6) is 2.21. The molecule has 0 aliphatic heterocycles. The highest BCUT2D eigenvalue weighted by molar-refractivity contribution is 5.80. The first-order valence-electron chi connectivity index (χ1n) is 15.6. The molecule has 0 radical (unpaired) electrons. The number of rotatable bonds is 8. The van der Waals surface area contributed by atoms with E-state index in [1.807, 2.05) is 36.4 Å². The van der Waals surface area contributed by atoms with Crippen molar-refractivity contribution >= 4 is 21.8 Å². The second-order valence-corrected chi connectivity index (χ2v) is 12.1. The third-order valence-corrected chi connectivity index (χ3v) is 9.25. The maximum Gasteiger partial charge on any atom is 0.0705 e. The molecule has 2 heterocycles. The zero-order valence-corrected chi connectivity index (χ0v) is 25.2. The lowest BCUT2D eigenvalue weighted by Crippen LogP contribution is -2.22. The number of hydrogen-bond acceptors (Lipinski definition) is 6. The van der Waals surface area contributed by atoms with Gasteiger partial charge in [0.05, 0.1) is 24.2 Å². The fourth-order valence-corrected chi connectivity index (χ4v) is 7.01. The molecule has 2 aromatic carbocycles. The molecule has 2 aliphatic rings. The van der Waals surface area contributed by atoms with Crippen molar-refractivity contribution in [3.05, 3.63) is 83.2 Å². The number of hydrogen-bond donors (Lipinski definition) is 2. The summed E-state index contributed by atoms with van der Waals surface area (Å²) in [6.07, 6.45) is 10.1. The number of pyridine rings is 2. The van der Waals surface area contributed by atoms with Crippen molar-refractivity contribution in [3.8, 4) is 0 Å². The molecular weight excluding hydrogens is 524 g/mol. The normalized spacial score (nSPS) is 22.6. The largest absolute Gasteiger partial charge is 0.392 e. The first-order chi connectivity index (χ1) is 20.6. The molecule has 6 heteroatoms. The van der Waals surface area contributed by atoms with E-state index in [2.05, 4.69) is 24.3 Å². The lowest BCUT2D eigenvalue weighted by molar-refractivity contribution is 0.117. The molecular formula is C36H46N2O4. The van der Waals surface area contributed by atoms with Crippen LogP contribution in [-0.2, 0) is 22.7 Å². The molecule has 224 valence electrons. The highest BCUT2D eigenvalue weighted by Gasteiger charge is 2.28. The average Bonchev–Trinajstić information content (AvgIpc) is 3.05. The van der Waals surface area contributed by atoms with Crippen LogP contribution in [0.1, 0.15) is 85.7 Å². The number of fused-ring (bicyclic) bond motifs is 2. The number of aliphatic hydroxyl groups is 2. The first-order valence-corrected chi connectivity index (χ1v) is 15.6. The summed E-state index contributed by atoms with van der Waals surface area (Å²) in [7, 11) is 3.58. The monoisotopic (exact) mass is 570 g/mol. The lowest BCUT2D eigenvalue weighted by atomic mass is 9.77. The Labute approximate surface area is 250 Å². The van der Waals surface area contributed by atoms with Crippen molar-refractivity contribution in [3.63, 3.8) is 0 Å². The predicted octanol–water partition coefficient (Wildman–Crippen LogP) is 7.29. The van der Waals surface area contributed by atoms with Gasteiger partial charge in [0.25, 0.3) is 0 Å². The zero-order chi connectivity index (χ0) is 29.3. The Morgan fingerprint density at radius 1 is 0.595 bits per heavy atom. The van der Waals surface area contributed by atoms with Gasteiger partial charge in [-0.2, -0.15) is 0 Å². The van der Waals surface area contributed by atoms with E-state index in [0.29, 0.717) is 23.7 Å². The topological polar surface area (TPSA) is 84.7 Å². The van der Waals surface area contributed by atoms with Gasteiger partial charge >= 0.3 is 0 Å². The van der Waals surface area contributed by atoms with E-state index in [4.69, 9.17) is 19.4 Å². The van der Waals surface area contributed by atoms with Gasteiger partial charge in [-0.15, -0.1) is 0 Å². The summed E-state index contributed by atoms with van der Waals surface area (Å²) in [4.78, 5) is 9.74. The van der Waals surface area contributed by atoms with Crippen LogP contribution >= 0.6 is 0 Å². The molecule has 0 spiro atoms. The molecule has 2 unspecified atom stereocenters. The Morgan fingerprint density at radius 2 is 1.02 bits per heavy atom. The number of aliphatic hydroxyl groups excluding tert-OH is 2. The molecule has 2 saturated carbocycles. The van der Waals surface area contributed by atoms with Crippen LogP contribution in [0, 0.1) is 11.8 Å². The minimum absolute atomic E-state index is 0.0796. The molecule has 2 aromatic heterocycles. The number of ether oxygens (including phenoxy) is 2. The van der Waals surface area contributed by atoms with E-state index in [1.165, 1.54) is 62.8 Å². The first kappa shape index (κ1) is 30.6. The highest BCUT2D eigenvalue weighted by Crippen LogP contribution is 2.39. The predicted molar refractivity (Wildman–Crippen MR) is 168 cm³/mol. The number of methoxy groups -OCH3 is 2. The van der Waals surface area contributed by atoms with Gasteiger partial charge in [0.15, 0.2) is 0 Å². The maximum atomic E-state index is 9.21. The second kappa shape index (κ2) is 15.0. The molecule has 4 atom stereocenters. The summed E-state index contributed by atoms with van der Waals surface area (Å²) in [6, 6.07) is 20.5. The summed E-state index contributed by atoms with van der Waals surface area (Å²) < 4.78 is 10.8. The van der Waals surface area contributed by atoms with Crippen LogP contribution in [0.4, 0.5) is 0 Å². The van der Waals surface area contributed by atoms with Gasteiger partial charge in [-0.1, -0.05) is 49.9 Å². The van der Waals surface area contributed by atoms with Gasteiger partial charge in [-0.3, -0.25) is 9.97 Å². The molecule has 6 nitrogen and oxygen atoms in total. The lowest BCUT2D eigenvalue weighted by Gasteiger charge is -2.30. The summed E-state index contributed by atoms with van der Waals surface area (Å²) in [5.41, 5.74) is 6.30. The van der Waals surface area contributed by atoms with Gasteiger partial charge in [-0.05, 0) is 85.0 Å². The van der Waals surface area contributed by atoms with Gasteiger partial charge < -0.3 is 19.7 Å². The third kappa shape index (κ3) is 7.35. The fourth-order valence-electron chi connectivity index (χ4n) is 7.01. The van der Waals surface area contributed by atoms with Crippen molar-refractivity contribution in [2.45, 2.75) is 76.4 Å². The van der Waals surface area contributed by atoms with Crippen LogP contribution in [0.3, 0.4) is 0 Å². The summed E-state index contributed by atoms with van der Waals surface area (Å²) in [6.45, 7) is 1.81. The number of nitrogens with zero attached hydrogens (tertiary/aromatic N) is 2.